The molecule has 2 aromatic carbocycles. The summed E-state index contributed by atoms with van der Waals surface area (Å²) in [7, 11) is -3.98. The van der Waals surface area contributed by atoms with Gasteiger partial charge in [0.05, 0.1) is 22.8 Å². The Kier molecular flexibility index (Phi) is 8.20. The van der Waals surface area contributed by atoms with Crippen molar-refractivity contribution >= 4 is 21.5 Å². The van der Waals surface area contributed by atoms with Gasteiger partial charge in [0.1, 0.15) is 11.6 Å². The molecule has 0 unspecified atom stereocenters. The molecule has 0 aliphatic heterocycles. The largest absolute Gasteiger partial charge is 0.494 e. The summed E-state index contributed by atoms with van der Waals surface area (Å²) in [5.41, 5.74) is -0.0704. The quantitative estimate of drug-likeness (QED) is 0.385. The normalized spacial score (nSPS) is 11.3. The summed E-state index contributed by atoms with van der Waals surface area (Å²) in [4.78, 5) is 11.8. The van der Waals surface area contributed by atoms with E-state index >= 15 is 0 Å². The molecule has 0 heterocycles. The number of carbonyl (C=O) groups is 1. The van der Waals surface area contributed by atoms with E-state index in [-0.39, 0.29) is 21.7 Å². The lowest BCUT2D eigenvalue weighted by atomic mass is 10.1. The van der Waals surface area contributed by atoms with Gasteiger partial charge < -0.3 is 4.74 Å². The predicted molar refractivity (Wildman–Crippen MR) is 113 cm³/mol. The molecule has 7 heteroatoms. The molecule has 0 saturated carbocycles. The average molecular weight is 422 g/mol. The van der Waals surface area contributed by atoms with Gasteiger partial charge in [-0.2, -0.15) is 0 Å². The van der Waals surface area contributed by atoms with Crippen LogP contribution in [-0.2, 0) is 10.0 Å². The number of Topliss-reactive ketones (excluding diaryl/α,β-unsaturated/α-hetero) is 1. The minimum atomic E-state index is -3.98. The van der Waals surface area contributed by atoms with Crippen LogP contribution in [0.25, 0.3) is 0 Å². The van der Waals surface area contributed by atoms with Crippen molar-refractivity contribution in [2.45, 2.75) is 57.8 Å². The zero-order chi connectivity index (χ0) is 21.4. The van der Waals surface area contributed by atoms with Gasteiger partial charge in [0.15, 0.2) is 5.78 Å². The number of rotatable bonds is 11. The van der Waals surface area contributed by atoms with Gasteiger partial charge in [-0.25, -0.2) is 12.8 Å². The first kappa shape index (κ1) is 22.9. The molecule has 2 aromatic rings. The molecule has 0 aliphatic rings. The van der Waals surface area contributed by atoms with Crippen LogP contribution in [0.15, 0.2) is 41.3 Å². The van der Waals surface area contributed by atoms with Crippen molar-refractivity contribution in [3.8, 4) is 5.75 Å². The highest BCUT2D eigenvalue weighted by atomic mass is 32.2. The van der Waals surface area contributed by atoms with E-state index in [0.29, 0.717) is 12.4 Å². The molecule has 0 radical (unpaired) electrons. The minimum Gasteiger partial charge on any atom is -0.494 e. The minimum absolute atomic E-state index is 0.00304. The molecule has 0 atom stereocenters. The van der Waals surface area contributed by atoms with E-state index in [1.165, 1.54) is 57.4 Å². The SMILES string of the molecule is CCCCCCCOc1ccc(S(=O)(=O)Nc2ccc(C)c(F)c2C(C)=O)cc1. The van der Waals surface area contributed by atoms with Crippen LogP contribution in [0, 0.1) is 12.7 Å². The Morgan fingerprint density at radius 2 is 1.69 bits per heavy atom. The van der Waals surface area contributed by atoms with Crippen molar-refractivity contribution in [1.29, 1.82) is 0 Å². The second-order valence-corrected chi connectivity index (χ2v) is 8.70. The number of sulfonamides is 1. The van der Waals surface area contributed by atoms with Crippen molar-refractivity contribution in [2.24, 2.45) is 0 Å². The number of anilines is 1. The molecule has 0 aromatic heterocycles. The molecular formula is C22H28FNO4S. The zero-order valence-corrected chi connectivity index (χ0v) is 17.9. The van der Waals surface area contributed by atoms with Gasteiger partial charge in [-0.3, -0.25) is 9.52 Å². The first-order valence-electron chi connectivity index (χ1n) is 9.82. The Labute approximate surface area is 172 Å². The topological polar surface area (TPSA) is 72.5 Å². The van der Waals surface area contributed by atoms with Crippen LogP contribution < -0.4 is 9.46 Å². The van der Waals surface area contributed by atoms with Crippen molar-refractivity contribution in [1.82, 2.24) is 0 Å². The smallest absolute Gasteiger partial charge is 0.261 e. The first-order chi connectivity index (χ1) is 13.8. The summed E-state index contributed by atoms with van der Waals surface area (Å²) in [5.74, 6) is -0.683. The molecule has 0 fully saturated rings. The van der Waals surface area contributed by atoms with Crippen LogP contribution in [-0.4, -0.2) is 20.8 Å². The Hall–Kier alpha value is -2.41. The number of hydrogen-bond donors (Lipinski definition) is 1. The number of aryl methyl sites for hydroxylation is 1. The van der Waals surface area contributed by atoms with Gasteiger partial charge in [-0.1, -0.05) is 38.7 Å². The lowest BCUT2D eigenvalue weighted by molar-refractivity contribution is 0.101. The second-order valence-electron chi connectivity index (χ2n) is 7.01. The summed E-state index contributed by atoms with van der Waals surface area (Å²) in [6.07, 6.45) is 5.65. The van der Waals surface area contributed by atoms with Gasteiger partial charge in [0.25, 0.3) is 10.0 Å². The Bertz CT molecular complexity index is 940. The molecule has 2 rings (SSSR count). The van der Waals surface area contributed by atoms with Gasteiger partial charge in [-0.05, 0) is 56.2 Å². The van der Waals surface area contributed by atoms with Crippen LogP contribution in [0.5, 0.6) is 5.75 Å². The second kappa shape index (κ2) is 10.4. The standard InChI is InChI=1S/C22H28FNO4S/c1-4-5-6-7-8-15-28-18-10-12-19(13-11-18)29(26,27)24-20-14-9-16(2)22(23)21(20)17(3)25/h9-14,24H,4-8,15H2,1-3H3. The first-order valence-corrected chi connectivity index (χ1v) is 11.3. The van der Waals surface area contributed by atoms with E-state index in [2.05, 4.69) is 11.6 Å². The molecular weight excluding hydrogens is 393 g/mol. The fraction of sp³-hybridized carbons (Fsp3) is 0.409. The van der Waals surface area contributed by atoms with Crippen molar-refractivity contribution in [3.05, 3.63) is 53.3 Å². The number of hydrogen-bond acceptors (Lipinski definition) is 4. The molecule has 1 N–H and O–H groups in total. The predicted octanol–water partition coefficient (Wildman–Crippen LogP) is 5.49. The Morgan fingerprint density at radius 1 is 1.03 bits per heavy atom. The maximum atomic E-state index is 14.3. The molecule has 0 spiro atoms. The summed E-state index contributed by atoms with van der Waals surface area (Å²) >= 11 is 0. The third kappa shape index (κ3) is 6.29. The van der Waals surface area contributed by atoms with Gasteiger partial charge in [-0.15, -0.1) is 0 Å². The molecule has 0 aliphatic carbocycles. The lowest BCUT2D eigenvalue weighted by Gasteiger charge is -2.13. The summed E-state index contributed by atoms with van der Waals surface area (Å²) in [5, 5.41) is 0. The highest BCUT2D eigenvalue weighted by Crippen LogP contribution is 2.26. The average Bonchev–Trinajstić information content (AvgIpc) is 2.67. The fourth-order valence-corrected chi connectivity index (χ4v) is 4.00. The third-order valence-corrected chi connectivity index (χ3v) is 5.96. The highest BCUT2D eigenvalue weighted by molar-refractivity contribution is 7.92. The molecule has 5 nitrogen and oxygen atoms in total. The maximum Gasteiger partial charge on any atom is 0.261 e. The van der Waals surface area contributed by atoms with E-state index in [1.807, 2.05) is 0 Å². The number of nitrogens with one attached hydrogen (secondary N) is 1. The van der Waals surface area contributed by atoms with E-state index in [1.54, 1.807) is 12.1 Å². The maximum absolute atomic E-state index is 14.3. The fourth-order valence-electron chi connectivity index (χ4n) is 2.92. The summed E-state index contributed by atoms with van der Waals surface area (Å²) < 4.78 is 47.6. The number of halogens is 1. The number of ether oxygens (including phenoxy) is 1. The summed E-state index contributed by atoms with van der Waals surface area (Å²) in [6, 6.07) is 8.84. The van der Waals surface area contributed by atoms with Crippen molar-refractivity contribution < 1.29 is 22.3 Å². The van der Waals surface area contributed by atoms with Gasteiger partial charge >= 0.3 is 0 Å². The summed E-state index contributed by atoms with van der Waals surface area (Å²) in [6.45, 7) is 5.46. The molecule has 29 heavy (non-hydrogen) atoms. The van der Waals surface area contributed by atoms with Crippen LogP contribution >= 0.6 is 0 Å². The third-order valence-electron chi connectivity index (χ3n) is 4.58. The van der Waals surface area contributed by atoms with Crippen LogP contribution in [0.3, 0.4) is 0 Å². The van der Waals surface area contributed by atoms with Gasteiger partial charge in [0.2, 0.25) is 0 Å². The van der Waals surface area contributed by atoms with Crippen LogP contribution in [0.1, 0.15) is 61.9 Å². The molecule has 0 bridgehead atoms. The van der Waals surface area contributed by atoms with Crippen molar-refractivity contribution in [3.63, 3.8) is 0 Å². The number of ketones is 1. The van der Waals surface area contributed by atoms with Crippen molar-refractivity contribution in [2.75, 3.05) is 11.3 Å². The monoisotopic (exact) mass is 421 g/mol. The van der Waals surface area contributed by atoms with E-state index in [9.17, 15) is 17.6 Å². The number of unbranched alkanes of at least 4 members (excludes halogenated alkanes) is 4. The molecule has 0 saturated heterocycles. The van der Waals surface area contributed by atoms with E-state index in [4.69, 9.17) is 4.74 Å². The molecule has 158 valence electrons. The van der Waals surface area contributed by atoms with E-state index in [0.717, 1.165) is 12.8 Å². The zero-order valence-electron chi connectivity index (χ0n) is 17.1. The number of benzene rings is 2. The van der Waals surface area contributed by atoms with Crippen LogP contribution in [0.2, 0.25) is 0 Å². The molecule has 0 amide bonds. The Balaban J connectivity index is 2.07. The number of carbonyl (C=O) groups excluding carboxylic acids is 1. The van der Waals surface area contributed by atoms with Crippen LogP contribution in [0.4, 0.5) is 10.1 Å². The highest BCUT2D eigenvalue weighted by Gasteiger charge is 2.21. The van der Waals surface area contributed by atoms with Gasteiger partial charge in [0, 0.05) is 0 Å². The Morgan fingerprint density at radius 3 is 2.31 bits per heavy atom. The van der Waals surface area contributed by atoms with E-state index < -0.39 is 21.6 Å². The lowest BCUT2D eigenvalue weighted by Crippen LogP contribution is -2.16.